The van der Waals surface area contributed by atoms with E-state index in [0.29, 0.717) is 18.3 Å². The third kappa shape index (κ3) is 2.20. The lowest BCUT2D eigenvalue weighted by Gasteiger charge is -2.39. The molecule has 2 heteroatoms. The number of ketones is 1. The zero-order valence-electron chi connectivity index (χ0n) is 11.4. The molecule has 3 atom stereocenters. The number of rotatable bonds is 0. The van der Waals surface area contributed by atoms with Crippen molar-refractivity contribution in [3.63, 3.8) is 0 Å². The van der Waals surface area contributed by atoms with Gasteiger partial charge in [-0.15, -0.1) is 0 Å². The molecule has 1 saturated carbocycles. The van der Waals surface area contributed by atoms with Crippen LogP contribution in [0.3, 0.4) is 0 Å². The lowest BCUT2D eigenvalue weighted by Crippen LogP contribution is -2.42. The Hall–Kier alpha value is -0.630. The summed E-state index contributed by atoms with van der Waals surface area (Å²) in [6.07, 6.45) is 5.94. The van der Waals surface area contributed by atoms with Gasteiger partial charge in [0.15, 0.2) is 5.78 Å². The highest BCUT2D eigenvalue weighted by atomic mass is 16.3. The van der Waals surface area contributed by atoms with Crippen LogP contribution in [0.4, 0.5) is 0 Å². The molecular weight excluding hydrogens is 212 g/mol. The number of hydrogen-bond donors (Lipinski definition) is 1. The molecule has 1 fully saturated rings. The average Bonchev–Trinajstić information content (AvgIpc) is 2.28. The minimum absolute atomic E-state index is 0.0178. The monoisotopic (exact) mass is 236 g/mol. The Kier molecular flexibility index (Phi) is 2.97. The summed E-state index contributed by atoms with van der Waals surface area (Å²) < 4.78 is 0. The summed E-state index contributed by atoms with van der Waals surface area (Å²) in [5.74, 6) is 0.888. The molecule has 2 aliphatic carbocycles. The van der Waals surface area contributed by atoms with Gasteiger partial charge in [-0.2, -0.15) is 0 Å². The van der Waals surface area contributed by atoms with Crippen LogP contribution in [-0.2, 0) is 4.79 Å². The first-order chi connectivity index (χ1) is 7.74. The molecule has 1 N–H and O–H groups in total. The van der Waals surface area contributed by atoms with E-state index in [-0.39, 0.29) is 11.2 Å². The summed E-state index contributed by atoms with van der Waals surface area (Å²) in [6.45, 7) is 8.36. The van der Waals surface area contributed by atoms with Gasteiger partial charge in [-0.1, -0.05) is 39.2 Å². The van der Waals surface area contributed by atoms with Crippen molar-refractivity contribution < 1.29 is 9.90 Å². The van der Waals surface area contributed by atoms with E-state index in [2.05, 4.69) is 20.8 Å². The Morgan fingerprint density at radius 2 is 2.00 bits per heavy atom. The van der Waals surface area contributed by atoms with E-state index in [1.54, 1.807) is 6.92 Å². The maximum absolute atomic E-state index is 11.9. The van der Waals surface area contributed by atoms with Gasteiger partial charge in [-0.25, -0.2) is 0 Å². The lowest BCUT2D eigenvalue weighted by molar-refractivity contribution is -0.134. The van der Waals surface area contributed by atoms with Gasteiger partial charge in [-0.05, 0) is 36.7 Å². The minimum atomic E-state index is -1.24. The Morgan fingerprint density at radius 1 is 1.35 bits per heavy atom. The van der Waals surface area contributed by atoms with Crippen LogP contribution in [0.15, 0.2) is 11.6 Å². The first kappa shape index (κ1) is 12.8. The first-order valence-corrected chi connectivity index (χ1v) is 6.73. The summed E-state index contributed by atoms with van der Waals surface area (Å²) in [7, 11) is 0. The van der Waals surface area contributed by atoms with Crippen LogP contribution < -0.4 is 0 Å². The molecule has 0 aromatic rings. The van der Waals surface area contributed by atoms with Gasteiger partial charge >= 0.3 is 0 Å². The maximum atomic E-state index is 11.9. The van der Waals surface area contributed by atoms with E-state index in [9.17, 15) is 9.90 Å². The second-order valence-corrected chi connectivity index (χ2v) is 6.73. The summed E-state index contributed by atoms with van der Waals surface area (Å²) in [6, 6.07) is 0. The summed E-state index contributed by atoms with van der Waals surface area (Å²) in [5.41, 5.74) is 0.194. The summed E-state index contributed by atoms with van der Waals surface area (Å²) >= 11 is 0. The molecule has 0 aromatic carbocycles. The zero-order chi connectivity index (χ0) is 12.8. The lowest BCUT2D eigenvalue weighted by atomic mass is 9.66. The third-order valence-electron chi connectivity index (χ3n) is 4.74. The van der Waals surface area contributed by atoms with Gasteiger partial charge in [0.25, 0.3) is 0 Å². The predicted molar refractivity (Wildman–Crippen MR) is 68.6 cm³/mol. The van der Waals surface area contributed by atoms with Crippen LogP contribution in [0, 0.1) is 17.3 Å². The van der Waals surface area contributed by atoms with Gasteiger partial charge in [0.05, 0.1) is 0 Å². The molecule has 0 amide bonds. The second-order valence-electron chi connectivity index (χ2n) is 6.73. The topological polar surface area (TPSA) is 37.3 Å². The molecule has 0 heterocycles. The Balaban J connectivity index is 2.47. The van der Waals surface area contributed by atoms with Gasteiger partial charge < -0.3 is 5.11 Å². The summed E-state index contributed by atoms with van der Waals surface area (Å²) in [5, 5.41) is 10.2. The first-order valence-electron chi connectivity index (χ1n) is 6.73. The van der Waals surface area contributed by atoms with Crippen molar-refractivity contribution in [3.05, 3.63) is 11.6 Å². The number of allylic oxidation sites excluding steroid dienone is 1. The van der Waals surface area contributed by atoms with Crippen LogP contribution in [0.2, 0.25) is 0 Å². The van der Waals surface area contributed by atoms with E-state index in [0.717, 1.165) is 6.42 Å². The van der Waals surface area contributed by atoms with Crippen molar-refractivity contribution in [1.29, 1.82) is 0 Å². The predicted octanol–water partition coefficient (Wildman–Crippen LogP) is 3.10. The highest BCUT2D eigenvalue weighted by Crippen LogP contribution is 2.48. The fourth-order valence-electron chi connectivity index (χ4n) is 3.42. The van der Waals surface area contributed by atoms with Crippen molar-refractivity contribution in [3.8, 4) is 0 Å². The van der Waals surface area contributed by atoms with E-state index >= 15 is 0 Å². The highest BCUT2D eigenvalue weighted by molar-refractivity contribution is 5.90. The van der Waals surface area contributed by atoms with Crippen LogP contribution in [0.1, 0.15) is 53.4 Å². The Morgan fingerprint density at radius 3 is 2.65 bits per heavy atom. The molecule has 17 heavy (non-hydrogen) atoms. The largest absolute Gasteiger partial charge is 0.378 e. The molecular formula is C15H24O2. The van der Waals surface area contributed by atoms with Crippen LogP contribution in [0.5, 0.6) is 0 Å². The smallest absolute Gasteiger partial charge is 0.168 e. The van der Waals surface area contributed by atoms with Crippen molar-refractivity contribution in [2.45, 2.75) is 59.0 Å². The molecule has 0 spiro atoms. The molecule has 2 nitrogen and oxygen atoms in total. The molecule has 0 radical (unpaired) electrons. The molecule has 2 aliphatic rings. The van der Waals surface area contributed by atoms with Gasteiger partial charge in [0.1, 0.15) is 5.60 Å². The number of carbonyl (C=O) groups is 1. The molecule has 0 unspecified atom stereocenters. The number of aliphatic hydroxyl groups is 1. The molecule has 0 aliphatic heterocycles. The van der Waals surface area contributed by atoms with Crippen LogP contribution >= 0.6 is 0 Å². The summed E-state index contributed by atoms with van der Waals surface area (Å²) in [4.78, 5) is 11.9. The van der Waals surface area contributed by atoms with Crippen molar-refractivity contribution in [2.75, 3.05) is 0 Å². The Labute approximate surface area is 104 Å². The normalized spacial score (nSPS) is 41.5. The fraction of sp³-hybridized carbons (Fsp3) is 0.800. The van der Waals surface area contributed by atoms with Crippen molar-refractivity contribution >= 4 is 5.78 Å². The zero-order valence-corrected chi connectivity index (χ0v) is 11.4. The van der Waals surface area contributed by atoms with E-state index in [1.807, 2.05) is 6.08 Å². The molecule has 0 bridgehead atoms. The van der Waals surface area contributed by atoms with Crippen LogP contribution in [0.25, 0.3) is 0 Å². The molecule has 0 saturated heterocycles. The molecule has 2 rings (SSSR count). The van der Waals surface area contributed by atoms with Gasteiger partial charge in [0, 0.05) is 6.42 Å². The standard InChI is InChI=1S/C15H24O2/c1-10-6-5-7-14(2,3)12-9-15(4,17)13(16)8-11(10)12/h9-11,17H,5-8H2,1-4H3/t10-,11+,15+/m1/s1. The number of Topliss-reactive ketones (excluding diaryl/α,β-unsaturated/α-hetero) is 1. The van der Waals surface area contributed by atoms with Gasteiger partial charge in [0.2, 0.25) is 0 Å². The second kappa shape index (κ2) is 3.94. The maximum Gasteiger partial charge on any atom is 0.168 e. The van der Waals surface area contributed by atoms with Crippen LogP contribution in [-0.4, -0.2) is 16.5 Å². The SMILES string of the molecule is C[C@@H]1CCCC(C)(C)C2=C[C@](C)(O)C(=O)C[C@H]21. The van der Waals surface area contributed by atoms with E-state index in [4.69, 9.17) is 0 Å². The number of fused-ring (bicyclic) bond motifs is 1. The number of carbonyl (C=O) groups excluding carboxylic acids is 1. The van der Waals surface area contributed by atoms with E-state index < -0.39 is 5.60 Å². The highest BCUT2D eigenvalue weighted by Gasteiger charge is 2.44. The van der Waals surface area contributed by atoms with Crippen molar-refractivity contribution in [1.82, 2.24) is 0 Å². The number of hydrogen-bond acceptors (Lipinski definition) is 2. The molecule has 0 aromatic heterocycles. The fourth-order valence-corrected chi connectivity index (χ4v) is 3.42. The quantitative estimate of drug-likeness (QED) is 0.656. The third-order valence-corrected chi connectivity index (χ3v) is 4.74. The van der Waals surface area contributed by atoms with Crippen molar-refractivity contribution in [2.24, 2.45) is 17.3 Å². The average molecular weight is 236 g/mol. The van der Waals surface area contributed by atoms with Gasteiger partial charge in [-0.3, -0.25) is 4.79 Å². The van der Waals surface area contributed by atoms with E-state index in [1.165, 1.54) is 18.4 Å². The molecule has 96 valence electrons. The minimum Gasteiger partial charge on any atom is -0.378 e. The Bertz CT molecular complexity index is 363.